The van der Waals surface area contributed by atoms with Crippen LogP contribution in [0.1, 0.15) is 37.0 Å². The highest BCUT2D eigenvalue weighted by atomic mass is 32.2. The zero-order chi connectivity index (χ0) is 14.9. The molecule has 110 valence electrons. The molecule has 2 heterocycles. The summed E-state index contributed by atoms with van der Waals surface area (Å²) in [6, 6.07) is 0. The summed E-state index contributed by atoms with van der Waals surface area (Å²) in [7, 11) is -3.77. The van der Waals surface area contributed by atoms with Crippen molar-refractivity contribution in [3.05, 3.63) is 23.5 Å². The Kier molecular flexibility index (Phi) is 3.82. The van der Waals surface area contributed by atoms with Crippen LogP contribution in [0.25, 0.3) is 0 Å². The Balaban J connectivity index is 2.13. The van der Waals surface area contributed by atoms with Crippen molar-refractivity contribution in [3.8, 4) is 0 Å². The number of nitrogen functional groups attached to an aromatic ring is 1. The number of sulfonamides is 1. The van der Waals surface area contributed by atoms with Crippen LogP contribution in [0.5, 0.6) is 0 Å². The number of aromatic nitrogens is 3. The predicted octanol–water partition coefficient (Wildman–Crippen LogP) is 0.890. The lowest BCUT2D eigenvalue weighted by Crippen LogP contribution is -2.24. The number of imidazole rings is 1. The van der Waals surface area contributed by atoms with Gasteiger partial charge in [0.05, 0.1) is 6.54 Å². The summed E-state index contributed by atoms with van der Waals surface area (Å²) >= 11 is 0. The van der Waals surface area contributed by atoms with Crippen LogP contribution >= 0.6 is 0 Å². The fourth-order valence-electron chi connectivity index (χ4n) is 1.71. The molecule has 2 aromatic heterocycles. The van der Waals surface area contributed by atoms with Crippen LogP contribution in [0.2, 0.25) is 0 Å². The summed E-state index contributed by atoms with van der Waals surface area (Å²) in [4.78, 5) is 7.10. The molecule has 0 fully saturated rings. The Hall–Kier alpha value is -1.87. The Morgan fingerprint density at radius 1 is 1.50 bits per heavy atom. The molecule has 9 heteroatoms. The molecule has 0 aromatic carbocycles. The fourth-order valence-corrected chi connectivity index (χ4v) is 2.93. The number of aromatic amines is 1. The third kappa shape index (κ3) is 2.83. The van der Waals surface area contributed by atoms with E-state index >= 15 is 0 Å². The molecule has 2 rings (SSSR count). The van der Waals surface area contributed by atoms with Crippen molar-refractivity contribution in [3.63, 3.8) is 0 Å². The standard InChI is InChI=1S/C11H17N5O3S/c1-6(2)11-13-4-8(15-11)5-14-20(17,18)9-7(3)19-16-10(9)12/h4,6,14H,5H2,1-3H3,(H2,12,16)(H,13,15). The van der Waals surface area contributed by atoms with Crippen molar-refractivity contribution < 1.29 is 12.9 Å². The van der Waals surface area contributed by atoms with Gasteiger partial charge in [0.15, 0.2) is 16.5 Å². The molecule has 0 aliphatic carbocycles. The van der Waals surface area contributed by atoms with E-state index < -0.39 is 10.0 Å². The molecule has 2 aromatic rings. The molecule has 0 spiro atoms. The predicted molar refractivity (Wildman–Crippen MR) is 72.4 cm³/mol. The van der Waals surface area contributed by atoms with E-state index in [-0.39, 0.29) is 28.9 Å². The summed E-state index contributed by atoms with van der Waals surface area (Å²) in [5.41, 5.74) is 6.17. The van der Waals surface area contributed by atoms with E-state index in [4.69, 9.17) is 10.3 Å². The molecule has 0 aliphatic heterocycles. The van der Waals surface area contributed by atoms with Crippen molar-refractivity contribution in [2.24, 2.45) is 0 Å². The average Bonchev–Trinajstić information content (AvgIpc) is 2.94. The van der Waals surface area contributed by atoms with Crippen molar-refractivity contribution in [2.75, 3.05) is 5.73 Å². The largest absolute Gasteiger partial charge is 0.380 e. The lowest BCUT2D eigenvalue weighted by Gasteiger charge is -2.04. The first-order valence-corrected chi connectivity index (χ1v) is 7.54. The molecule has 20 heavy (non-hydrogen) atoms. The number of rotatable bonds is 5. The Labute approximate surface area is 116 Å². The Morgan fingerprint density at radius 3 is 2.70 bits per heavy atom. The van der Waals surface area contributed by atoms with Crippen molar-refractivity contribution in [1.82, 2.24) is 19.8 Å². The molecule has 0 saturated heterocycles. The van der Waals surface area contributed by atoms with Crippen LogP contribution in [0.15, 0.2) is 15.6 Å². The van der Waals surface area contributed by atoms with E-state index in [0.717, 1.165) is 5.82 Å². The lowest BCUT2D eigenvalue weighted by molar-refractivity contribution is 0.396. The van der Waals surface area contributed by atoms with Gasteiger partial charge in [-0.05, 0) is 6.92 Å². The van der Waals surface area contributed by atoms with E-state index in [9.17, 15) is 8.42 Å². The van der Waals surface area contributed by atoms with E-state index in [2.05, 4.69) is 19.8 Å². The molecule has 0 saturated carbocycles. The van der Waals surface area contributed by atoms with Crippen LogP contribution in [0, 0.1) is 6.92 Å². The van der Waals surface area contributed by atoms with Crippen LogP contribution in [0.3, 0.4) is 0 Å². The molecule has 8 nitrogen and oxygen atoms in total. The highest BCUT2D eigenvalue weighted by Crippen LogP contribution is 2.21. The summed E-state index contributed by atoms with van der Waals surface area (Å²) in [6.07, 6.45) is 1.60. The second-order valence-electron chi connectivity index (χ2n) is 4.73. The number of anilines is 1. The third-order valence-electron chi connectivity index (χ3n) is 2.75. The van der Waals surface area contributed by atoms with Gasteiger partial charge in [0, 0.05) is 17.8 Å². The zero-order valence-corrected chi connectivity index (χ0v) is 12.3. The first kappa shape index (κ1) is 14.5. The van der Waals surface area contributed by atoms with E-state index in [1.807, 2.05) is 13.8 Å². The van der Waals surface area contributed by atoms with Gasteiger partial charge in [-0.3, -0.25) is 0 Å². The summed E-state index contributed by atoms with van der Waals surface area (Å²) in [6.45, 7) is 5.57. The summed E-state index contributed by atoms with van der Waals surface area (Å²) in [5, 5.41) is 3.43. The quantitative estimate of drug-likeness (QED) is 0.752. The van der Waals surface area contributed by atoms with Crippen LogP contribution < -0.4 is 10.5 Å². The second kappa shape index (κ2) is 5.25. The van der Waals surface area contributed by atoms with Crippen LogP contribution in [-0.4, -0.2) is 23.5 Å². The van der Waals surface area contributed by atoms with Gasteiger partial charge in [0.25, 0.3) is 0 Å². The Morgan fingerprint density at radius 2 is 2.20 bits per heavy atom. The van der Waals surface area contributed by atoms with Gasteiger partial charge in [-0.25, -0.2) is 18.1 Å². The summed E-state index contributed by atoms with van der Waals surface area (Å²) < 4.78 is 31.4. The van der Waals surface area contributed by atoms with Gasteiger partial charge in [-0.15, -0.1) is 0 Å². The van der Waals surface area contributed by atoms with Crippen molar-refractivity contribution in [2.45, 2.75) is 38.1 Å². The maximum atomic E-state index is 12.1. The number of hydrogen-bond donors (Lipinski definition) is 3. The van der Waals surface area contributed by atoms with Gasteiger partial charge < -0.3 is 15.2 Å². The van der Waals surface area contributed by atoms with Gasteiger partial charge in [-0.1, -0.05) is 19.0 Å². The smallest absolute Gasteiger partial charge is 0.248 e. The highest BCUT2D eigenvalue weighted by molar-refractivity contribution is 7.89. The molecular formula is C11H17N5O3S. The number of hydrogen-bond acceptors (Lipinski definition) is 6. The minimum Gasteiger partial charge on any atom is -0.380 e. The van der Waals surface area contributed by atoms with Crippen LogP contribution in [-0.2, 0) is 16.6 Å². The average molecular weight is 299 g/mol. The Bertz CT molecular complexity index is 682. The van der Waals surface area contributed by atoms with Gasteiger partial charge >= 0.3 is 0 Å². The molecular weight excluding hydrogens is 282 g/mol. The maximum Gasteiger partial charge on any atom is 0.248 e. The highest BCUT2D eigenvalue weighted by Gasteiger charge is 2.24. The zero-order valence-electron chi connectivity index (χ0n) is 11.5. The molecule has 4 N–H and O–H groups in total. The van der Waals surface area contributed by atoms with Crippen molar-refractivity contribution >= 4 is 15.8 Å². The minimum absolute atomic E-state index is 0.0894. The van der Waals surface area contributed by atoms with Gasteiger partial charge in [-0.2, -0.15) is 0 Å². The van der Waals surface area contributed by atoms with Gasteiger partial charge in [0.1, 0.15) is 5.82 Å². The number of nitrogens with zero attached hydrogens (tertiary/aromatic N) is 2. The summed E-state index contributed by atoms with van der Waals surface area (Å²) in [5.74, 6) is 1.06. The first-order chi connectivity index (χ1) is 9.31. The molecule has 0 aliphatic rings. The second-order valence-corrected chi connectivity index (χ2v) is 6.43. The number of nitrogens with one attached hydrogen (secondary N) is 2. The SMILES string of the molecule is Cc1onc(N)c1S(=O)(=O)NCc1cnc(C(C)C)[nH]1. The van der Waals surface area contributed by atoms with Crippen molar-refractivity contribution in [1.29, 1.82) is 0 Å². The molecule has 0 amide bonds. The molecule has 0 atom stereocenters. The van der Waals surface area contributed by atoms with Gasteiger partial charge in [0.2, 0.25) is 10.0 Å². The molecule has 0 unspecified atom stereocenters. The van der Waals surface area contributed by atoms with E-state index in [0.29, 0.717) is 5.69 Å². The number of nitrogens with two attached hydrogens (primary N) is 1. The molecule has 0 radical (unpaired) electrons. The lowest BCUT2D eigenvalue weighted by atomic mass is 10.2. The maximum absolute atomic E-state index is 12.1. The normalized spacial score (nSPS) is 12.2. The fraction of sp³-hybridized carbons (Fsp3) is 0.455. The van der Waals surface area contributed by atoms with Crippen LogP contribution in [0.4, 0.5) is 5.82 Å². The minimum atomic E-state index is -3.77. The van der Waals surface area contributed by atoms with E-state index in [1.165, 1.54) is 6.92 Å². The number of aryl methyl sites for hydroxylation is 1. The monoisotopic (exact) mass is 299 g/mol. The third-order valence-corrected chi connectivity index (χ3v) is 4.31. The number of H-pyrrole nitrogens is 1. The molecule has 0 bridgehead atoms. The topological polar surface area (TPSA) is 127 Å². The van der Waals surface area contributed by atoms with E-state index in [1.54, 1.807) is 6.20 Å². The first-order valence-electron chi connectivity index (χ1n) is 6.06.